The van der Waals surface area contributed by atoms with Crippen molar-refractivity contribution < 1.29 is 9.53 Å². The van der Waals surface area contributed by atoms with Gasteiger partial charge in [0, 0.05) is 0 Å². The van der Waals surface area contributed by atoms with Crippen LogP contribution in [-0.2, 0) is 9.53 Å². The van der Waals surface area contributed by atoms with Crippen LogP contribution < -0.4 is 5.32 Å². The Labute approximate surface area is 168 Å². The third-order valence-corrected chi connectivity index (χ3v) is 5.75. The zero-order valence-electron chi connectivity index (χ0n) is 16.6. The van der Waals surface area contributed by atoms with Gasteiger partial charge in [-0.25, -0.2) is 0 Å². The third kappa shape index (κ3) is 17.2. The van der Waals surface area contributed by atoms with E-state index in [9.17, 15) is 4.79 Å². The molecule has 0 fully saturated rings. The summed E-state index contributed by atoms with van der Waals surface area (Å²) in [5.74, 6) is 1.01. The summed E-state index contributed by atoms with van der Waals surface area (Å²) in [5.41, 5.74) is 0. The summed E-state index contributed by atoms with van der Waals surface area (Å²) < 4.78 is 6.65. The van der Waals surface area contributed by atoms with Crippen molar-refractivity contribution in [3.63, 3.8) is 0 Å². The van der Waals surface area contributed by atoms with Gasteiger partial charge in [-0.15, -0.1) is 0 Å². The second-order valence-corrected chi connectivity index (χ2v) is 8.57. The molecular formula is C20H39NO2SSe. The Morgan fingerprint density at radius 3 is 2.00 bits per heavy atom. The molecule has 0 aliphatic heterocycles. The molecule has 0 aromatic heterocycles. The summed E-state index contributed by atoms with van der Waals surface area (Å²) in [6.45, 7) is 4.57. The quantitative estimate of drug-likeness (QED) is 0.246. The van der Waals surface area contributed by atoms with Crippen molar-refractivity contribution in [2.24, 2.45) is 0 Å². The molecule has 0 aliphatic rings. The Morgan fingerprint density at radius 2 is 1.52 bits per heavy atom. The van der Waals surface area contributed by atoms with Gasteiger partial charge < -0.3 is 0 Å². The number of hydrogen-bond donors (Lipinski definition) is 1. The summed E-state index contributed by atoms with van der Waals surface area (Å²) in [7, 11) is 0. The third-order valence-electron chi connectivity index (χ3n) is 4.26. The molecule has 0 aliphatic carbocycles. The van der Waals surface area contributed by atoms with E-state index in [0.717, 1.165) is 29.8 Å². The Kier molecular flexibility index (Phi) is 18.8. The first-order chi connectivity index (χ1) is 12.1. The minimum atomic E-state index is -0.00264. The van der Waals surface area contributed by atoms with Crippen molar-refractivity contribution in [2.45, 2.75) is 96.9 Å². The molecule has 5 heteroatoms. The first-order valence-electron chi connectivity index (χ1n) is 10.0. The van der Waals surface area contributed by atoms with Crippen molar-refractivity contribution in [2.75, 3.05) is 18.6 Å². The van der Waals surface area contributed by atoms with Crippen LogP contribution in [0, 0.1) is 0 Å². The fourth-order valence-corrected chi connectivity index (χ4v) is 3.79. The monoisotopic (exact) mass is 437 g/mol. The molecule has 25 heavy (non-hydrogen) atoms. The summed E-state index contributed by atoms with van der Waals surface area (Å²) in [4.78, 5) is 11.3. The predicted molar refractivity (Wildman–Crippen MR) is 114 cm³/mol. The Balaban J connectivity index is 3.55. The van der Waals surface area contributed by atoms with Crippen LogP contribution in [0.15, 0.2) is 0 Å². The van der Waals surface area contributed by atoms with E-state index in [-0.39, 0.29) is 11.9 Å². The zero-order valence-corrected chi connectivity index (χ0v) is 19.1. The minimum absolute atomic E-state index is 0.00217. The topological polar surface area (TPSA) is 38.3 Å². The van der Waals surface area contributed by atoms with Crippen molar-refractivity contribution in [3.8, 4) is 0 Å². The molecule has 1 N–H and O–H groups in total. The standard InChI is InChI=1S/C20H39NO2SSe/c1-4-5-6-7-8-9-10-11-12-13-14-16-23-20(25)19(15-17-24-3)21-18(2)22/h19H,4-17H2,1-3H3,(H,21,22)/t19-/m0/s1. The average molecular weight is 437 g/mol. The number of carbonyl (C=O) groups is 1. The Bertz CT molecular complexity index is 340. The van der Waals surface area contributed by atoms with Gasteiger partial charge in [0.2, 0.25) is 0 Å². The number of unbranched alkanes of at least 4 members (excludes halogenated alkanes) is 10. The normalized spacial score (nSPS) is 12.0. The molecule has 0 saturated carbocycles. The summed E-state index contributed by atoms with van der Waals surface area (Å²) in [6.07, 6.45) is 17.7. The van der Waals surface area contributed by atoms with Crippen LogP contribution in [-0.4, -0.2) is 50.7 Å². The van der Waals surface area contributed by atoms with Gasteiger partial charge in [0.05, 0.1) is 0 Å². The van der Waals surface area contributed by atoms with Gasteiger partial charge in [0.15, 0.2) is 0 Å². The summed E-state index contributed by atoms with van der Waals surface area (Å²) in [5, 5.41) is 2.96. The van der Waals surface area contributed by atoms with Gasteiger partial charge in [-0.1, -0.05) is 19.8 Å². The SMILES string of the molecule is CCCCCCCCCCCCCOC(=[Se])[C@H](CCSC)NC(C)=O. The van der Waals surface area contributed by atoms with Crippen molar-refractivity contribution in [1.82, 2.24) is 5.32 Å². The number of rotatable bonds is 18. The van der Waals surface area contributed by atoms with E-state index in [4.69, 9.17) is 4.74 Å². The van der Waals surface area contributed by atoms with Crippen molar-refractivity contribution in [1.29, 1.82) is 0 Å². The van der Waals surface area contributed by atoms with E-state index in [2.05, 4.69) is 34.1 Å². The van der Waals surface area contributed by atoms with Gasteiger partial charge in [-0.05, 0) is 0 Å². The molecule has 0 saturated heterocycles. The Hall–Kier alpha value is 0.00948. The van der Waals surface area contributed by atoms with Crippen molar-refractivity contribution >= 4 is 37.8 Å². The van der Waals surface area contributed by atoms with Crippen LogP contribution in [0.5, 0.6) is 0 Å². The molecule has 0 bridgehead atoms. The van der Waals surface area contributed by atoms with E-state index >= 15 is 0 Å². The van der Waals surface area contributed by atoms with Gasteiger partial charge in [-0.3, -0.25) is 0 Å². The molecule has 0 rings (SSSR count). The predicted octanol–water partition coefficient (Wildman–Crippen LogP) is 4.87. The zero-order chi connectivity index (χ0) is 18.8. The van der Waals surface area contributed by atoms with Gasteiger partial charge in [0.1, 0.15) is 0 Å². The molecule has 0 heterocycles. The number of carbonyl (C=O) groups excluding carboxylic acids is 1. The molecule has 0 spiro atoms. The van der Waals surface area contributed by atoms with E-state index in [1.165, 1.54) is 64.2 Å². The maximum absolute atomic E-state index is 11.3. The first kappa shape index (κ1) is 25.0. The van der Waals surface area contributed by atoms with Crippen molar-refractivity contribution in [3.05, 3.63) is 0 Å². The molecule has 0 aromatic rings. The van der Waals surface area contributed by atoms with Crippen LogP contribution in [0.1, 0.15) is 90.9 Å². The summed E-state index contributed by atoms with van der Waals surface area (Å²) in [6, 6.07) is -0.00217. The van der Waals surface area contributed by atoms with Gasteiger partial charge in [-0.2, -0.15) is 0 Å². The number of thioether (sulfide) groups is 1. The van der Waals surface area contributed by atoms with Crippen LogP contribution in [0.2, 0.25) is 0 Å². The van der Waals surface area contributed by atoms with Crippen LogP contribution in [0.4, 0.5) is 0 Å². The first-order valence-corrected chi connectivity index (χ1v) is 12.3. The second kappa shape index (κ2) is 18.8. The molecule has 148 valence electrons. The molecule has 0 radical (unpaired) electrons. The molecule has 0 aromatic carbocycles. The Morgan fingerprint density at radius 1 is 1.00 bits per heavy atom. The molecular weight excluding hydrogens is 397 g/mol. The number of hydrogen-bond acceptors (Lipinski definition) is 3. The van der Waals surface area contributed by atoms with E-state index in [0.29, 0.717) is 0 Å². The number of amides is 1. The number of nitrogens with one attached hydrogen (secondary N) is 1. The fraction of sp³-hybridized carbons (Fsp3) is 0.900. The summed E-state index contributed by atoms with van der Waals surface area (Å²) >= 11 is 4.79. The molecule has 0 unspecified atom stereocenters. The van der Waals surface area contributed by atoms with Crippen LogP contribution in [0.25, 0.3) is 0 Å². The molecule has 1 atom stereocenters. The second-order valence-electron chi connectivity index (χ2n) is 6.74. The van der Waals surface area contributed by atoms with Gasteiger partial charge in [0.25, 0.3) is 0 Å². The average Bonchev–Trinajstić information content (AvgIpc) is 2.59. The van der Waals surface area contributed by atoms with E-state index < -0.39 is 0 Å². The number of ether oxygens (including phenoxy) is 1. The van der Waals surface area contributed by atoms with E-state index in [1.54, 1.807) is 18.7 Å². The fourth-order valence-electron chi connectivity index (χ4n) is 2.77. The van der Waals surface area contributed by atoms with Crippen LogP contribution in [0.3, 0.4) is 0 Å². The molecule has 3 nitrogen and oxygen atoms in total. The van der Waals surface area contributed by atoms with Crippen LogP contribution >= 0.6 is 11.8 Å². The molecule has 1 amide bonds. The van der Waals surface area contributed by atoms with Gasteiger partial charge >= 0.3 is 148 Å². The van der Waals surface area contributed by atoms with E-state index in [1.807, 2.05) is 0 Å². The maximum atomic E-state index is 11.3.